The SMILES string of the molecule is COC(=O)C[C@@H]1N=C(c2ccc(Cl)cc2)c2c(cnn2C)NC1=O. The lowest BCUT2D eigenvalue weighted by molar-refractivity contribution is -0.142. The van der Waals surface area contributed by atoms with Crippen LogP contribution in [0.5, 0.6) is 0 Å². The molecule has 0 saturated carbocycles. The number of aryl methyl sites for hydroxylation is 1. The zero-order chi connectivity index (χ0) is 17.3. The maximum Gasteiger partial charge on any atom is 0.308 e. The molecule has 1 aliphatic heterocycles. The number of amides is 1. The predicted octanol–water partition coefficient (Wildman–Crippen LogP) is 1.79. The van der Waals surface area contributed by atoms with Crippen molar-refractivity contribution in [1.82, 2.24) is 9.78 Å². The lowest BCUT2D eigenvalue weighted by Gasteiger charge is -2.10. The summed E-state index contributed by atoms with van der Waals surface area (Å²) in [4.78, 5) is 28.5. The molecule has 2 aromatic rings. The van der Waals surface area contributed by atoms with E-state index in [1.54, 1.807) is 30.1 Å². The number of carbonyl (C=O) groups excluding carboxylic acids is 2. The quantitative estimate of drug-likeness (QED) is 0.859. The molecule has 2 heterocycles. The summed E-state index contributed by atoms with van der Waals surface area (Å²) in [6, 6.07) is 6.22. The highest BCUT2D eigenvalue weighted by molar-refractivity contribution is 6.30. The molecule has 7 nitrogen and oxygen atoms in total. The summed E-state index contributed by atoms with van der Waals surface area (Å²) in [5.74, 6) is -0.878. The highest BCUT2D eigenvalue weighted by atomic mass is 35.5. The average Bonchev–Trinajstić information content (AvgIpc) is 2.85. The van der Waals surface area contributed by atoms with Crippen LogP contribution in [0.2, 0.25) is 5.02 Å². The number of methoxy groups -OCH3 is 1. The number of aliphatic imine (C=N–C) groups is 1. The molecule has 1 aliphatic rings. The molecule has 1 atom stereocenters. The molecule has 0 spiro atoms. The Morgan fingerprint density at radius 3 is 2.75 bits per heavy atom. The zero-order valence-electron chi connectivity index (χ0n) is 13.1. The molecule has 24 heavy (non-hydrogen) atoms. The van der Waals surface area contributed by atoms with E-state index in [1.165, 1.54) is 7.11 Å². The van der Waals surface area contributed by atoms with Crippen molar-refractivity contribution in [2.75, 3.05) is 12.4 Å². The van der Waals surface area contributed by atoms with Crippen molar-refractivity contribution in [2.45, 2.75) is 12.5 Å². The van der Waals surface area contributed by atoms with Gasteiger partial charge in [-0.3, -0.25) is 19.3 Å². The van der Waals surface area contributed by atoms with E-state index < -0.39 is 12.0 Å². The van der Waals surface area contributed by atoms with Gasteiger partial charge in [0.25, 0.3) is 0 Å². The fourth-order valence-corrected chi connectivity index (χ4v) is 2.63. The number of hydrogen-bond donors (Lipinski definition) is 1. The van der Waals surface area contributed by atoms with Crippen LogP contribution in [0.4, 0.5) is 5.69 Å². The molecular formula is C16H15ClN4O3. The number of aromatic nitrogens is 2. The van der Waals surface area contributed by atoms with Gasteiger partial charge >= 0.3 is 5.97 Å². The van der Waals surface area contributed by atoms with Gasteiger partial charge in [-0.2, -0.15) is 5.10 Å². The number of esters is 1. The molecule has 0 aliphatic carbocycles. The van der Waals surface area contributed by atoms with Crippen LogP contribution >= 0.6 is 11.6 Å². The molecule has 0 fully saturated rings. The standard InChI is InChI=1S/C16H15ClN4O3/c1-21-15-12(8-18-21)20-16(23)11(7-13(22)24-2)19-14(15)9-3-5-10(17)6-4-9/h3-6,8,11H,7H2,1-2H3,(H,20,23)/t11-/m0/s1. The third-order valence-corrected chi connectivity index (χ3v) is 3.97. The van der Waals surface area contributed by atoms with E-state index in [0.717, 1.165) is 5.56 Å². The van der Waals surface area contributed by atoms with E-state index in [4.69, 9.17) is 11.6 Å². The first-order valence-corrected chi connectivity index (χ1v) is 7.61. The van der Waals surface area contributed by atoms with Crippen LogP contribution in [0.15, 0.2) is 35.5 Å². The van der Waals surface area contributed by atoms with Crippen LogP contribution in [0, 0.1) is 0 Å². The molecule has 8 heteroatoms. The van der Waals surface area contributed by atoms with Crippen LogP contribution in [0.3, 0.4) is 0 Å². The van der Waals surface area contributed by atoms with Crippen LogP contribution in [-0.4, -0.2) is 40.5 Å². The van der Waals surface area contributed by atoms with Crippen molar-refractivity contribution in [3.05, 3.63) is 46.7 Å². The molecule has 0 saturated heterocycles. The summed E-state index contributed by atoms with van der Waals surface area (Å²) >= 11 is 5.95. The van der Waals surface area contributed by atoms with Gasteiger partial charge in [-0.25, -0.2) is 0 Å². The summed E-state index contributed by atoms with van der Waals surface area (Å²) in [7, 11) is 3.04. The van der Waals surface area contributed by atoms with E-state index >= 15 is 0 Å². The van der Waals surface area contributed by atoms with Crippen molar-refractivity contribution >= 4 is 34.9 Å². The average molecular weight is 347 g/mol. The van der Waals surface area contributed by atoms with Gasteiger partial charge in [-0.05, 0) is 12.1 Å². The second-order valence-corrected chi connectivity index (χ2v) is 5.74. The molecule has 1 aromatic carbocycles. The predicted molar refractivity (Wildman–Crippen MR) is 89.3 cm³/mol. The largest absolute Gasteiger partial charge is 0.469 e. The smallest absolute Gasteiger partial charge is 0.308 e. The molecule has 3 rings (SSSR count). The minimum Gasteiger partial charge on any atom is -0.469 e. The van der Waals surface area contributed by atoms with E-state index in [1.807, 2.05) is 12.1 Å². The molecular weight excluding hydrogens is 332 g/mol. The topological polar surface area (TPSA) is 85.6 Å². The second kappa shape index (κ2) is 6.45. The Bertz CT molecular complexity index is 826. The van der Waals surface area contributed by atoms with Crippen molar-refractivity contribution in [2.24, 2.45) is 12.0 Å². The van der Waals surface area contributed by atoms with Crippen LogP contribution in [0.1, 0.15) is 17.7 Å². The van der Waals surface area contributed by atoms with E-state index in [9.17, 15) is 9.59 Å². The number of anilines is 1. The third kappa shape index (κ3) is 3.03. The fourth-order valence-electron chi connectivity index (χ4n) is 2.50. The van der Waals surface area contributed by atoms with E-state index in [0.29, 0.717) is 22.1 Å². The number of fused-ring (bicyclic) bond motifs is 1. The molecule has 1 amide bonds. The molecule has 0 radical (unpaired) electrons. The molecule has 1 N–H and O–H groups in total. The first kappa shape index (κ1) is 16.2. The number of benzene rings is 1. The number of nitrogens with one attached hydrogen (secondary N) is 1. The Hall–Kier alpha value is -2.67. The molecule has 1 aromatic heterocycles. The van der Waals surface area contributed by atoms with Crippen molar-refractivity contribution < 1.29 is 14.3 Å². The Kier molecular flexibility index (Phi) is 4.35. The summed E-state index contributed by atoms with van der Waals surface area (Å²) in [6.45, 7) is 0. The van der Waals surface area contributed by atoms with Gasteiger partial charge in [-0.1, -0.05) is 23.7 Å². The Balaban J connectivity index is 2.12. The van der Waals surface area contributed by atoms with Crippen molar-refractivity contribution in [3.8, 4) is 0 Å². The Labute approximate surface area is 143 Å². The van der Waals surface area contributed by atoms with Gasteiger partial charge in [0.2, 0.25) is 5.91 Å². The number of hydrogen-bond acceptors (Lipinski definition) is 5. The Morgan fingerprint density at radius 2 is 2.08 bits per heavy atom. The number of carbonyl (C=O) groups is 2. The van der Waals surface area contributed by atoms with Gasteiger partial charge in [0, 0.05) is 17.6 Å². The highest BCUT2D eigenvalue weighted by Gasteiger charge is 2.30. The maximum absolute atomic E-state index is 12.4. The maximum atomic E-state index is 12.4. The molecule has 0 unspecified atom stereocenters. The second-order valence-electron chi connectivity index (χ2n) is 5.30. The zero-order valence-corrected chi connectivity index (χ0v) is 13.9. The number of nitrogens with zero attached hydrogens (tertiary/aromatic N) is 3. The summed E-state index contributed by atoms with van der Waals surface area (Å²) in [5, 5.41) is 7.53. The van der Waals surface area contributed by atoms with Gasteiger partial charge in [0.1, 0.15) is 11.7 Å². The van der Waals surface area contributed by atoms with Gasteiger partial charge in [0.15, 0.2) is 0 Å². The van der Waals surface area contributed by atoms with Gasteiger partial charge < -0.3 is 10.1 Å². The fraction of sp³-hybridized carbons (Fsp3) is 0.250. The van der Waals surface area contributed by atoms with Crippen molar-refractivity contribution in [1.29, 1.82) is 0 Å². The van der Waals surface area contributed by atoms with Gasteiger partial charge in [-0.15, -0.1) is 0 Å². The monoisotopic (exact) mass is 346 g/mol. The lowest BCUT2D eigenvalue weighted by Crippen LogP contribution is -2.28. The highest BCUT2D eigenvalue weighted by Crippen LogP contribution is 2.25. The van der Waals surface area contributed by atoms with E-state index in [2.05, 4.69) is 20.1 Å². The number of rotatable bonds is 3. The van der Waals surface area contributed by atoms with E-state index in [-0.39, 0.29) is 12.3 Å². The first-order chi connectivity index (χ1) is 11.5. The minimum absolute atomic E-state index is 0.138. The van der Waals surface area contributed by atoms with Crippen molar-refractivity contribution in [3.63, 3.8) is 0 Å². The Morgan fingerprint density at radius 1 is 1.38 bits per heavy atom. The third-order valence-electron chi connectivity index (χ3n) is 3.71. The summed E-state index contributed by atoms with van der Waals surface area (Å²) in [5.41, 5.74) is 2.55. The van der Waals surface area contributed by atoms with Crippen LogP contribution in [-0.2, 0) is 21.4 Å². The number of ether oxygens (including phenoxy) is 1. The lowest BCUT2D eigenvalue weighted by atomic mass is 10.1. The minimum atomic E-state index is -0.879. The summed E-state index contributed by atoms with van der Waals surface area (Å²) in [6.07, 6.45) is 1.42. The van der Waals surface area contributed by atoms with Crippen LogP contribution < -0.4 is 5.32 Å². The molecule has 0 bridgehead atoms. The first-order valence-electron chi connectivity index (χ1n) is 7.23. The number of halogens is 1. The molecule has 124 valence electrons. The van der Waals surface area contributed by atoms with Crippen LogP contribution in [0.25, 0.3) is 0 Å². The summed E-state index contributed by atoms with van der Waals surface area (Å²) < 4.78 is 6.29. The normalized spacial score (nSPS) is 16.7. The van der Waals surface area contributed by atoms with Gasteiger partial charge in [0.05, 0.1) is 31.1 Å².